The molecule has 0 amide bonds. The zero-order valence-electron chi connectivity index (χ0n) is 14.7. The van der Waals surface area contributed by atoms with Crippen LogP contribution in [0.1, 0.15) is 39.3 Å². The Labute approximate surface area is 160 Å². The highest BCUT2D eigenvalue weighted by molar-refractivity contribution is 6.30. The van der Waals surface area contributed by atoms with Crippen LogP contribution in [0.4, 0.5) is 0 Å². The second-order valence-corrected chi connectivity index (χ2v) is 6.50. The van der Waals surface area contributed by atoms with Gasteiger partial charge in [0.15, 0.2) is 18.2 Å². The summed E-state index contributed by atoms with van der Waals surface area (Å²) in [6, 6.07) is 13.7. The predicted octanol–water partition coefficient (Wildman–Crippen LogP) is 4.78. The summed E-state index contributed by atoms with van der Waals surface area (Å²) in [6.07, 6.45) is -0.105. The number of benzene rings is 2. The molecule has 0 aliphatic heterocycles. The van der Waals surface area contributed by atoms with E-state index in [9.17, 15) is 14.4 Å². The number of rotatable bonds is 7. The van der Waals surface area contributed by atoms with Gasteiger partial charge in [0.2, 0.25) is 5.78 Å². The number of fused-ring (bicyclic) bond motifs is 1. The summed E-state index contributed by atoms with van der Waals surface area (Å²) in [7, 11) is 0. The van der Waals surface area contributed by atoms with Crippen molar-refractivity contribution >= 4 is 40.1 Å². The van der Waals surface area contributed by atoms with E-state index in [0.29, 0.717) is 21.7 Å². The highest BCUT2D eigenvalue weighted by Gasteiger charge is 2.19. The second-order valence-electron chi connectivity index (χ2n) is 6.07. The van der Waals surface area contributed by atoms with E-state index in [-0.39, 0.29) is 24.4 Å². The van der Waals surface area contributed by atoms with Crippen molar-refractivity contribution < 1.29 is 23.5 Å². The summed E-state index contributed by atoms with van der Waals surface area (Å²) in [5.41, 5.74) is 1.80. The van der Waals surface area contributed by atoms with E-state index < -0.39 is 18.4 Å². The number of esters is 1. The van der Waals surface area contributed by atoms with Crippen LogP contribution in [0.5, 0.6) is 0 Å². The number of ether oxygens (including phenoxy) is 1. The Morgan fingerprint density at radius 2 is 1.67 bits per heavy atom. The first-order valence-corrected chi connectivity index (χ1v) is 8.79. The first-order chi connectivity index (χ1) is 13.0. The Balaban J connectivity index is 1.52. The Kier molecular flexibility index (Phi) is 5.72. The molecule has 0 aliphatic carbocycles. The number of hydrogen-bond donors (Lipinski definition) is 0. The number of carbonyl (C=O) groups is 3. The molecule has 0 bridgehead atoms. The van der Waals surface area contributed by atoms with Gasteiger partial charge in [-0.3, -0.25) is 14.4 Å². The number of aryl methyl sites for hydroxylation is 1. The van der Waals surface area contributed by atoms with Gasteiger partial charge in [0.1, 0.15) is 5.58 Å². The molecule has 1 heterocycles. The van der Waals surface area contributed by atoms with Crippen LogP contribution >= 0.6 is 11.6 Å². The summed E-state index contributed by atoms with van der Waals surface area (Å²) >= 11 is 5.78. The van der Waals surface area contributed by atoms with E-state index in [1.165, 1.54) is 0 Å². The summed E-state index contributed by atoms with van der Waals surface area (Å²) in [6.45, 7) is 1.36. The Morgan fingerprint density at radius 1 is 0.963 bits per heavy atom. The summed E-state index contributed by atoms with van der Waals surface area (Å²) in [5, 5.41) is 1.38. The fraction of sp³-hybridized carbons (Fsp3) is 0.190. The molecule has 3 aromatic rings. The molecule has 0 N–H and O–H groups in total. The summed E-state index contributed by atoms with van der Waals surface area (Å²) in [4.78, 5) is 36.2. The molecule has 0 saturated carbocycles. The predicted molar refractivity (Wildman–Crippen MR) is 101 cm³/mol. The maximum Gasteiger partial charge on any atom is 0.306 e. The Morgan fingerprint density at radius 3 is 2.37 bits per heavy atom. The van der Waals surface area contributed by atoms with Gasteiger partial charge >= 0.3 is 5.97 Å². The SMILES string of the molecule is Cc1c(C(=O)COC(=O)CCC(=O)c2ccc(Cl)cc2)oc2ccccc12. The number of Topliss-reactive ketones (excluding diaryl/α,β-unsaturated/α-hetero) is 2. The van der Waals surface area contributed by atoms with E-state index in [0.717, 1.165) is 5.39 Å². The molecular formula is C21H17ClO5. The van der Waals surface area contributed by atoms with Crippen LogP contribution in [0.3, 0.4) is 0 Å². The second kappa shape index (κ2) is 8.18. The quantitative estimate of drug-likeness (QED) is 0.432. The lowest BCUT2D eigenvalue weighted by molar-refractivity contribution is -0.142. The van der Waals surface area contributed by atoms with Crippen LogP contribution in [-0.2, 0) is 9.53 Å². The lowest BCUT2D eigenvalue weighted by atomic mass is 10.1. The van der Waals surface area contributed by atoms with Crippen molar-refractivity contribution in [3.05, 3.63) is 70.4 Å². The third-order valence-corrected chi connectivity index (χ3v) is 4.44. The minimum atomic E-state index is -0.612. The fourth-order valence-electron chi connectivity index (χ4n) is 2.72. The van der Waals surface area contributed by atoms with E-state index in [1.807, 2.05) is 18.2 Å². The molecule has 2 aromatic carbocycles. The third-order valence-electron chi connectivity index (χ3n) is 4.18. The molecule has 1 aromatic heterocycles. The largest absolute Gasteiger partial charge is 0.457 e. The molecule has 0 fully saturated rings. The van der Waals surface area contributed by atoms with Gasteiger partial charge < -0.3 is 9.15 Å². The molecule has 0 saturated heterocycles. The van der Waals surface area contributed by atoms with Crippen LogP contribution in [0, 0.1) is 6.92 Å². The number of carbonyl (C=O) groups excluding carboxylic acids is 3. The summed E-state index contributed by atoms with van der Waals surface area (Å²) in [5.74, 6) is -1.04. The van der Waals surface area contributed by atoms with Crippen molar-refractivity contribution in [2.24, 2.45) is 0 Å². The zero-order valence-corrected chi connectivity index (χ0v) is 15.4. The van der Waals surface area contributed by atoms with Gasteiger partial charge in [-0.05, 0) is 37.3 Å². The average molecular weight is 385 g/mol. The van der Waals surface area contributed by atoms with E-state index in [4.69, 9.17) is 20.8 Å². The van der Waals surface area contributed by atoms with E-state index >= 15 is 0 Å². The lowest BCUT2D eigenvalue weighted by Gasteiger charge is -2.04. The molecule has 6 heteroatoms. The number of furan rings is 1. The van der Waals surface area contributed by atoms with E-state index in [2.05, 4.69) is 0 Å². The lowest BCUT2D eigenvalue weighted by Crippen LogP contribution is -2.15. The van der Waals surface area contributed by atoms with Crippen molar-refractivity contribution in [3.8, 4) is 0 Å². The van der Waals surface area contributed by atoms with Gasteiger partial charge in [-0.25, -0.2) is 0 Å². The topological polar surface area (TPSA) is 73.6 Å². The molecule has 0 aliphatic rings. The van der Waals surface area contributed by atoms with Crippen LogP contribution in [-0.4, -0.2) is 24.1 Å². The smallest absolute Gasteiger partial charge is 0.306 e. The zero-order chi connectivity index (χ0) is 19.4. The minimum absolute atomic E-state index is 0.00167. The highest BCUT2D eigenvalue weighted by atomic mass is 35.5. The highest BCUT2D eigenvalue weighted by Crippen LogP contribution is 2.25. The van der Waals surface area contributed by atoms with Crippen molar-refractivity contribution in [2.75, 3.05) is 6.61 Å². The van der Waals surface area contributed by atoms with Gasteiger partial charge in [-0.15, -0.1) is 0 Å². The molecule has 0 radical (unpaired) electrons. The fourth-order valence-corrected chi connectivity index (χ4v) is 2.85. The molecule has 5 nitrogen and oxygen atoms in total. The molecule has 27 heavy (non-hydrogen) atoms. The third kappa shape index (κ3) is 4.44. The molecule has 138 valence electrons. The van der Waals surface area contributed by atoms with E-state index in [1.54, 1.807) is 37.3 Å². The first-order valence-electron chi connectivity index (χ1n) is 8.41. The maximum absolute atomic E-state index is 12.3. The van der Waals surface area contributed by atoms with Crippen LogP contribution in [0.2, 0.25) is 5.02 Å². The molecule has 0 atom stereocenters. The molecule has 3 rings (SSSR count). The van der Waals surface area contributed by atoms with Crippen molar-refractivity contribution in [1.29, 1.82) is 0 Å². The number of hydrogen-bond acceptors (Lipinski definition) is 5. The van der Waals surface area contributed by atoms with Gasteiger partial charge in [-0.1, -0.05) is 29.8 Å². The minimum Gasteiger partial charge on any atom is -0.457 e. The number of ketones is 2. The molecule has 0 spiro atoms. The Hall–Kier alpha value is -2.92. The van der Waals surface area contributed by atoms with Crippen molar-refractivity contribution in [1.82, 2.24) is 0 Å². The number of para-hydroxylation sites is 1. The number of halogens is 1. The van der Waals surface area contributed by atoms with Gasteiger partial charge in [0.05, 0.1) is 6.42 Å². The maximum atomic E-state index is 12.3. The van der Waals surface area contributed by atoms with Crippen LogP contribution in [0.15, 0.2) is 52.9 Å². The molecule has 0 unspecified atom stereocenters. The van der Waals surface area contributed by atoms with Crippen LogP contribution in [0.25, 0.3) is 11.0 Å². The summed E-state index contributed by atoms with van der Waals surface area (Å²) < 4.78 is 10.5. The average Bonchev–Trinajstić information content (AvgIpc) is 3.02. The monoisotopic (exact) mass is 384 g/mol. The van der Waals surface area contributed by atoms with Crippen molar-refractivity contribution in [3.63, 3.8) is 0 Å². The van der Waals surface area contributed by atoms with Crippen LogP contribution < -0.4 is 0 Å². The first kappa shape index (κ1) is 18.9. The standard InChI is InChI=1S/C21H17ClO5/c1-13-16-4-2-3-5-19(16)27-21(13)18(24)12-26-20(25)11-10-17(23)14-6-8-15(22)9-7-14/h2-9H,10-12H2,1H3. The molecular weight excluding hydrogens is 368 g/mol. The normalized spacial score (nSPS) is 10.7. The Bertz CT molecular complexity index is 1000. The van der Waals surface area contributed by atoms with Gasteiger partial charge in [0, 0.05) is 28.0 Å². The van der Waals surface area contributed by atoms with Gasteiger partial charge in [0.25, 0.3) is 0 Å². The van der Waals surface area contributed by atoms with Gasteiger partial charge in [-0.2, -0.15) is 0 Å². The van der Waals surface area contributed by atoms with Crippen molar-refractivity contribution in [2.45, 2.75) is 19.8 Å².